The van der Waals surface area contributed by atoms with Crippen LogP contribution in [0.1, 0.15) is 28.4 Å². The Kier molecular flexibility index (Phi) is 7.34. The smallest absolute Gasteiger partial charge is 0.337 e. The first-order chi connectivity index (χ1) is 13.4. The third kappa shape index (κ3) is 4.98. The van der Waals surface area contributed by atoms with Crippen molar-refractivity contribution < 1.29 is 23.9 Å². The fraction of sp³-hybridized carbons (Fsp3) is 0.350. The maximum absolute atomic E-state index is 11.8. The highest BCUT2D eigenvalue weighted by Crippen LogP contribution is 2.29. The van der Waals surface area contributed by atoms with Crippen LogP contribution < -0.4 is 9.47 Å². The number of hydrogen-bond acceptors (Lipinski definition) is 7. The quantitative estimate of drug-likeness (QED) is 0.369. The van der Waals surface area contributed by atoms with Crippen molar-refractivity contribution in [2.45, 2.75) is 20.0 Å². The summed E-state index contributed by atoms with van der Waals surface area (Å²) in [5.74, 6) is 0.726. The molecule has 2 aromatic carbocycles. The second kappa shape index (κ2) is 9.70. The van der Waals surface area contributed by atoms with Crippen molar-refractivity contribution in [1.82, 2.24) is 4.90 Å². The van der Waals surface area contributed by atoms with Crippen LogP contribution in [0.15, 0.2) is 36.4 Å². The van der Waals surface area contributed by atoms with E-state index in [0.717, 1.165) is 5.56 Å². The van der Waals surface area contributed by atoms with Crippen molar-refractivity contribution in [3.63, 3.8) is 0 Å². The minimum Gasteiger partial charge on any atom is -0.493 e. The second-order valence-electron chi connectivity index (χ2n) is 6.08. The van der Waals surface area contributed by atoms with Gasteiger partial charge in [0.25, 0.3) is 5.69 Å². The van der Waals surface area contributed by atoms with E-state index in [1.807, 2.05) is 30.0 Å². The van der Waals surface area contributed by atoms with Crippen molar-refractivity contribution in [1.29, 1.82) is 0 Å². The average Bonchev–Trinajstić information content (AvgIpc) is 2.72. The van der Waals surface area contributed by atoms with Crippen LogP contribution >= 0.6 is 0 Å². The van der Waals surface area contributed by atoms with Crippen LogP contribution in [0.3, 0.4) is 0 Å². The molecule has 0 amide bonds. The Bertz CT molecular complexity index is 853. The summed E-state index contributed by atoms with van der Waals surface area (Å²) in [5, 5.41) is 11.4. The molecule has 8 heteroatoms. The predicted octanol–water partition coefficient (Wildman–Crippen LogP) is 3.42. The van der Waals surface area contributed by atoms with Gasteiger partial charge in [-0.05, 0) is 36.4 Å². The third-order valence-electron chi connectivity index (χ3n) is 4.39. The number of methoxy groups -OCH3 is 3. The van der Waals surface area contributed by atoms with Crippen molar-refractivity contribution in [3.05, 3.63) is 63.2 Å². The molecule has 0 bridgehead atoms. The van der Waals surface area contributed by atoms with Crippen LogP contribution in [0.5, 0.6) is 11.5 Å². The van der Waals surface area contributed by atoms with Gasteiger partial charge in [-0.3, -0.25) is 15.0 Å². The molecular weight excluding hydrogens is 364 g/mol. The minimum atomic E-state index is -0.529. The van der Waals surface area contributed by atoms with E-state index < -0.39 is 10.9 Å². The lowest BCUT2D eigenvalue weighted by atomic mass is 10.1. The van der Waals surface area contributed by atoms with E-state index in [1.54, 1.807) is 14.2 Å². The number of hydrogen-bond donors (Lipinski definition) is 0. The monoisotopic (exact) mass is 388 g/mol. The Labute approximate surface area is 163 Å². The van der Waals surface area contributed by atoms with Gasteiger partial charge in [-0.2, -0.15) is 0 Å². The SMILES string of the molecule is CCN(Cc1ccc(OC)c(OC)c1)Cc1cc(C(=O)OC)ccc1[N+](=O)[O-]. The maximum atomic E-state index is 11.8. The van der Waals surface area contributed by atoms with Gasteiger partial charge in [0.15, 0.2) is 11.5 Å². The zero-order valence-electron chi connectivity index (χ0n) is 16.4. The van der Waals surface area contributed by atoms with E-state index in [9.17, 15) is 14.9 Å². The second-order valence-corrected chi connectivity index (χ2v) is 6.08. The molecule has 0 radical (unpaired) electrons. The van der Waals surface area contributed by atoms with Crippen LogP contribution in [0.25, 0.3) is 0 Å². The first-order valence-corrected chi connectivity index (χ1v) is 8.72. The molecule has 0 heterocycles. The van der Waals surface area contributed by atoms with E-state index in [4.69, 9.17) is 14.2 Å². The Morgan fingerprint density at radius 2 is 1.75 bits per heavy atom. The molecule has 2 aromatic rings. The molecule has 0 aromatic heterocycles. The molecule has 0 saturated carbocycles. The number of nitro benzene ring substituents is 1. The highest BCUT2D eigenvalue weighted by Gasteiger charge is 2.19. The van der Waals surface area contributed by atoms with Gasteiger partial charge in [0.1, 0.15) is 0 Å². The van der Waals surface area contributed by atoms with Crippen LogP contribution in [0.4, 0.5) is 5.69 Å². The zero-order chi connectivity index (χ0) is 20.7. The Morgan fingerprint density at radius 3 is 2.32 bits per heavy atom. The molecule has 0 spiro atoms. The molecular formula is C20H24N2O6. The summed E-state index contributed by atoms with van der Waals surface area (Å²) in [6, 6.07) is 9.87. The van der Waals surface area contributed by atoms with Gasteiger partial charge in [0.2, 0.25) is 0 Å². The van der Waals surface area contributed by atoms with Gasteiger partial charge in [0.05, 0.1) is 31.8 Å². The van der Waals surface area contributed by atoms with Gasteiger partial charge >= 0.3 is 5.97 Å². The third-order valence-corrected chi connectivity index (χ3v) is 4.39. The molecule has 150 valence electrons. The van der Waals surface area contributed by atoms with Crippen LogP contribution in [-0.2, 0) is 17.8 Å². The number of carbonyl (C=O) groups is 1. The molecule has 0 aliphatic rings. The minimum absolute atomic E-state index is 0.0292. The molecule has 0 aliphatic carbocycles. The largest absolute Gasteiger partial charge is 0.493 e. The number of rotatable bonds is 9. The first-order valence-electron chi connectivity index (χ1n) is 8.72. The number of nitrogens with zero attached hydrogens (tertiary/aromatic N) is 2. The van der Waals surface area contributed by atoms with E-state index in [2.05, 4.69) is 0 Å². The Hall–Kier alpha value is -3.13. The molecule has 28 heavy (non-hydrogen) atoms. The topological polar surface area (TPSA) is 91.1 Å². The van der Waals surface area contributed by atoms with E-state index in [0.29, 0.717) is 36.7 Å². The molecule has 0 saturated heterocycles. The highest BCUT2D eigenvalue weighted by atomic mass is 16.6. The van der Waals surface area contributed by atoms with Crippen molar-refractivity contribution in [2.75, 3.05) is 27.9 Å². The van der Waals surface area contributed by atoms with Gasteiger partial charge in [-0.1, -0.05) is 13.0 Å². The average molecular weight is 388 g/mol. The number of esters is 1. The van der Waals surface area contributed by atoms with E-state index in [-0.39, 0.29) is 11.3 Å². The normalized spacial score (nSPS) is 10.6. The number of nitro groups is 1. The molecule has 0 fully saturated rings. The predicted molar refractivity (Wildman–Crippen MR) is 104 cm³/mol. The summed E-state index contributed by atoms with van der Waals surface area (Å²) in [6.07, 6.45) is 0. The van der Waals surface area contributed by atoms with Crippen LogP contribution in [0.2, 0.25) is 0 Å². The van der Waals surface area contributed by atoms with Gasteiger partial charge in [0, 0.05) is 24.7 Å². The molecule has 0 atom stereocenters. The summed E-state index contributed by atoms with van der Waals surface area (Å²) < 4.78 is 15.3. The summed E-state index contributed by atoms with van der Waals surface area (Å²) in [4.78, 5) is 24.8. The fourth-order valence-electron chi connectivity index (χ4n) is 2.89. The molecule has 2 rings (SSSR count). The first kappa shape index (κ1) is 21.2. The summed E-state index contributed by atoms with van der Waals surface area (Å²) in [7, 11) is 4.42. The molecule has 0 unspecified atom stereocenters. The molecule has 8 nitrogen and oxygen atoms in total. The Morgan fingerprint density at radius 1 is 1.04 bits per heavy atom. The van der Waals surface area contributed by atoms with Crippen LogP contribution in [0, 0.1) is 10.1 Å². The lowest BCUT2D eigenvalue weighted by molar-refractivity contribution is -0.385. The number of carbonyl (C=O) groups excluding carboxylic acids is 1. The van der Waals surface area contributed by atoms with Crippen molar-refractivity contribution >= 4 is 11.7 Å². The maximum Gasteiger partial charge on any atom is 0.337 e. The molecule has 0 aliphatic heterocycles. The van der Waals surface area contributed by atoms with E-state index in [1.165, 1.54) is 25.3 Å². The summed E-state index contributed by atoms with van der Waals surface area (Å²) in [6.45, 7) is 3.49. The number of ether oxygens (including phenoxy) is 3. The van der Waals surface area contributed by atoms with Gasteiger partial charge in [-0.15, -0.1) is 0 Å². The fourth-order valence-corrected chi connectivity index (χ4v) is 2.89. The Balaban J connectivity index is 2.28. The molecule has 0 N–H and O–H groups in total. The lowest BCUT2D eigenvalue weighted by Gasteiger charge is -2.21. The van der Waals surface area contributed by atoms with Crippen LogP contribution in [-0.4, -0.2) is 43.7 Å². The highest BCUT2D eigenvalue weighted by molar-refractivity contribution is 5.89. The lowest BCUT2D eigenvalue weighted by Crippen LogP contribution is -2.23. The van der Waals surface area contributed by atoms with E-state index >= 15 is 0 Å². The van der Waals surface area contributed by atoms with Gasteiger partial charge < -0.3 is 14.2 Å². The standard InChI is InChI=1S/C20H24N2O6/c1-5-21(12-14-6-9-18(26-2)19(10-14)27-3)13-16-11-15(20(23)28-4)7-8-17(16)22(24)25/h6-11H,5,12-13H2,1-4H3. The number of benzene rings is 2. The van der Waals surface area contributed by atoms with Crippen molar-refractivity contribution in [2.24, 2.45) is 0 Å². The zero-order valence-corrected chi connectivity index (χ0v) is 16.4. The van der Waals surface area contributed by atoms with Gasteiger partial charge in [-0.25, -0.2) is 4.79 Å². The summed E-state index contributed by atoms with van der Waals surface area (Å²) >= 11 is 0. The van der Waals surface area contributed by atoms with Crippen molar-refractivity contribution in [3.8, 4) is 11.5 Å². The summed E-state index contributed by atoms with van der Waals surface area (Å²) in [5.41, 5.74) is 1.69.